The predicted molar refractivity (Wildman–Crippen MR) is 80.8 cm³/mol. The summed E-state index contributed by atoms with van der Waals surface area (Å²) in [5.74, 6) is 0.930. The number of hydrogen-bond acceptors (Lipinski definition) is 3. The molecular formula is C14H11BrN2OS. The number of benzene rings is 1. The average molecular weight is 335 g/mol. The molecule has 0 spiro atoms. The molecule has 1 aliphatic rings. The van der Waals surface area contributed by atoms with Gasteiger partial charge in [0.15, 0.2) is 0 Å². The highest BCUT2D eigenvalue weighted by molar-refractivity contribution is 9.10. The summed E-state index contributed by atoms with van der Waals surface area (Å²) in [5, 5.41) is 0. The standard InChI is InChI=1S/C14H11BrN2OS/c15-13-6-5-10(9-16-13)14(18)17-7-8-19-12-4-2-1-3-11(12)17/h1-6,9H,7-8H2. The zero-order valence-electron chi connectivity index (χ0n) is 10.0. The van der Waals surface area contributed by atoms with E-state index < -0.39 is 0 Å². The number of para-hydroxylation sites is 1. The lowest BCUT2D eigenvalue weighted by Gasteiger charge is -2.28. The lowest BCUT2D eigenvalue weighted by atomic mass is 10.2. The molecule has 96 valence electrons. The second kappa shape index (κ2) is 5.35. The Hall–Kier alpha value is -1.33. The molecule has 0 radical (unpaired) electrons. The van der Waals surface area contributed by atoms with Gasteiger partial charge in [0.25, 0.3) is 5.91 Å². The first-order valence-corrected chi connectivity index (χ1v) is 7.69. The Morgan fingerprint density at radius 1 is 1.26 bits per heavy atom. The van der Waals surface area contributed by atoms with E-state index in [1.54, 1.807) is 30.1 Å². The first-order chi connectivity index (χ1) is 9.25. The molecule has 3 nitrogen and oxygen atoms in total. The van der Waals surface area contributed by atoms with Crippen LogP contribution in [0.3, 0.4) is 0 Å². The molecular weight excluding hydrogens is 324 g/mol. The molecule has 2 heterocycles. The number of rotatable bonds is 1. The van der Waals surface area contributed by atoms with E-state index in [1.165, 1.54) is 0 Å². The molecule has 1 aromatic carbocycles. The van der Waals surface area contributed by atoms with E-state index >= 15 is 0 Å². The van der Waals surface area contributed by atoms with Crippen LogP contribution in [0.5, 0.6) is 0 Å². The third kappa shape index (κ3) is 2.53. The van der Waals surface area contributed by atoms with Gasteiger partial charge in [-0.15, -0.1) is 11.8 Å². The summed E-state index contributed by atoms with van der Waals surface area (Å²) < 4.78 is 0.735. The van der Waals surface area contributed by atoms with E-state index in [4.69, 9.17) is 0 Å². The van der Waals surface area contributed by atoms with E-state index in [0.717, 1.165) is 27.5 Å². The van der Waals surface area contributed by atoms with Crippen molar-refractivity contribution in [2.45, 2.75) is 4.90 Å². The first kappa shape index (κ1) is 12.7. The molecule has 0 aliphatic carbocycles. The third-order valence-corrected chi connectivity index (χ3v) is 4.46. The van der Waals surface area contributed by atoms with Gasteiger partial charge in [-0.05, 0) is 40.2 Å². The lowest BCUT2D eigenvalue weighted by Crippen LogP contribution is -2.35. The molecule has 0 unspecified atom stereocenters. The number of aromatic nitrogens is 1. The van der Waals surface area contributed by atoms with Crippen molar-refractivity contribution in [1.29, 1.82) is 0 Å². The smallest absolute Gasteiger partial charge is 0.259 e. The molecule has 0 atom stereocenters. The number of fused-ring (bicyclic) bond motifs is 1. The average Bonchev–Trinajstić information content (AvgIpc) is 2.47. The first-order valence-electron chi connectivity index (χ1n) is 5.91. The minimum absolute atomic E-state index is 0.00718. The topological polar surface area (TPSA) is 33.2 Å². The Kier molecular flexibility index (Phi) is 3.57. The predicted octanol–water partition coefficient (Wildman–Crippen LogP) is 3.60. The highest BCUT2D eigenvalue weighted by Gasteiger charge is 2.23. The second-order valence-corrected chi connectivity index (χ2v) is 6.09. The Morgan fingerprint density at radius 2 is 2.11 bits per heavy atom. The summed E-state index contributed by atoms with van der Waals surface area (Å²) in [6.45, 7) is 0.733. The van der Waals surface area contributed by atoms with Crippen molar-refractivity contribution in [3.8, 4) is 0 Å². The van der Waals surface area contributed by atoms with Gasteiger partial charge >= 0.3 is 0 Å². The highest BCUT2D eigenvalue weighted by atomic mass is 79.9. The van der Waals surface area contributed by atoms with Crippen molar-refractivity contribution in [3.05, 3.63) is 52.8 Å². The Morgan fingerprint density at radius 3 is 2.89 bits per heavy atom. The third-order valence-electron chi connectivity index (χ3n) is 2.95. The van der Waals surface area contributed by atoms with Crippen molar-refractivity contribution in [3.63, 3.8) is 0 Å². The number of carbonyl (C=O) groups is 1. The van der Waals surface area contributed by atoms with Crippen LogP contribution >= 0.6 is 27.7 Å². The van der Waals surface area contributed by atoms with E-state index in [0.29, 0.717) is 5.56 Å². The quantitative estimate of drug-likeness (QED) is 0.747. The molecule has 0 saturated heterocycles. The summed E-state index contributed by atoms with van der Waals surface area (Å²) in [7, 11) is 0. The highest BCUT2D eigenvalue weighted by Crippen LogP contribution is 2.34. The maximum atomic E-state index is 12.5. The van der Waals surface area contributed by atoms with Crippen molar-refractivity contribution in [2.24, 2.45) is 0 Å². The number of anilines is 1. The number of hydrogen-bond donors (Lipinski definition) is 0. The maximum absolute atomic E-state index is 12.5. The summed E-state index contributed by atoms with van der Waals surface area (Å²) in [6, 6.07) is 11.6. The van der Waals surface area contributed by atoms with Gasteiger partial charge in [-0.3, -0.25) is 4.79 Å². The van der Waals surface area contributed by atoms with Gasteiger partial charge in [-0.25, -0.2) is 4.98 Å². The minimum Gasteiger partial charge on any atom is -0.306 e. The zero-order valence-corrected chi connectivity index (χ0v) is 12.4. The van der Waals surface area contributed by atoms with Crippen molar-refractivity contribution in [2.75, 3.05) is 17.2 Å². The molecule has 1 amide bonds. The Labute approximate surface area is 124 Å². The molecule has 1 aromatic heterocycles. The van der Waals surface area contributed by atoms with Crippen LogP contribution in [0.2, 0.25) is 0 Å². The van der Waals surface area contributed by atoms with Gasteiger partial charge in [0, 0.05) is 23.4 Å². The summed E-state index contributed by atoms with van der Waals surface area (Å²) in [5.41, 5.74) is 1.61. The molecule has 0 saturated carbocycles. The summed E-state index contributed by atoms with van der Waals surface area (Å²) in [4.78, 5) is 19.6. The Bertz CT molecular complexity index is 615. The van der Waals surface area contributed by atoms with Gasteiger partial charge in [0.05, 0.1) is 11.3 Å². The van der Waals surface area contributed by atoms with Gasteiger partial charge in [0.1, 0.15) is 4.60 Å². The van der Waals surface area contributed by atoms with Crippen molar-refractivity contribution in [1.82, 2.24) is 4.98 Å². The fourth-order valence-electron chi connectivity index (χ4n) is 2.04. The van der Waals surface area contributed by atoms with Crippen molar-refractivity contribution >= 4 is 39.3 Å². The van der Waals surface area contributed by atoms with Gasteiger partial charge in [-0.2, -0.15) is 0 Å². The maximum Gasteiger partial charge on any atom is 0.259 e. The van der Waals surface area contributed by atoms with Crippen molar-refractivity contribution < 1.29 is 4.79 Å². The number of nitrogens with zero attached hydrogens (tertiary/aromatic N) is 2. The van der Waals surface area contributed by atoms with E-state index in [2.05, 4.69) is 27.0 Å². The number of carbonyl (C=O) groups excluding carboxylic acids is 1. The molecule has 19 heavy (non-hydrogen) atoms. The van der Waals surface area contributed by atoms with Gasteiger partial charge < -0.3 is 4.90 Å². The van der Waals surface area contributed by atoms with E-state index in [9.17, 15) is 4.79 Å². The SMILES string of the molecule is O=C(c1ccc(Br)nc1)N1CCSc2ccccc21. The normalized spacial score (nSPS) is 14.1. The number of pyridine rings is 1. The van der Waals surface area contributed by atoms with Crippen LogP contribution in [0.25, 0.3) is 0 Å². The fraction of sp³-hybridized carbons (Fsp3) is 0.143. The number of halogens is 1. The zero-order chi connectivity index (χ0) is 13.2. The lowest BCUT2D eigenvalue weighted by molar-refractivity contribution is 0.0987. The molecule has 5 heteroatoms. The van der Waals surface area contributed by atoms with Crippen LogP contribution in [-0.4, -0.2) is 23.2 Å². The van der Waals surface area contributed by atoms with Crippen LogP contribution in [0.15, 0.2) is 52.1 Å². The minimum atomic E-state index is 0.00718. The van der Waals surface area contributed by atoms with Crippen LogP contribution in [0.4, 0.5) is 5.69 Å². The molecule has 0 bridgehead atoms. The number of amides is 1. The van der Waals surface area contributed by atoms with Gasteiger partial charge in [-0.1, -0.05) is 12.1 Å². The summed E-state index contributed by atoms with van der Waals surface area (Å²) >= 11 is 5.07. The van der Waals surface area contributed by atoms with Crippen LogP contribution in [0.1, 0.15) is 10.4 Å². The summed E-state index contributed by atoms with van der Waals surface area (Å²) in [6.07, 6.45) is 1.61. The molecule has 1 aliphatic heterocycles. The molecule has 2 aromatic rings. The Balaban J connectivity index is 1.95. The van der Waals surface area contributed by atoms with E-state index in [-0.39, 0.29) is 5.91 Å². The molecule has 0 N–H and O–H groups in total. The molecule has 3 rings (SSSR count). The van der Waals surface area contributed by atoms with Gasteiger partial charge in [0.2, 0.25) is 0 Å². The van der Waals surface area contributed by atoms with Crippen LogP contribution < -0.4 is 4.90 Å². The van der Waals surface area contributed by atoms with Crippen LogP contribution in [-0.2, 0) is 0 Å². The van der Waals surface area contributed by atoms with E-state index in [1.807, 2.05) is 23.1 Å². The van der Waals surface area contributed by atoms with Crippen LogP contribution in [0, 0.1) is 0 Å². The second-order valence-electron chi connectivity index (χ2n) is 4.14. The monoisotopic (exact) mass is 334 g/mol. The number of thioether (sulfide) groups is 1. The molecule has 0 fully saturated rings. The largest absolute Gasteiger partial charge is 0.306 e. The fourth-order valence-corrected chi connectivity index (χ4v) is 3.27.